The van der Waals surface area contributed by atoms with Crippen LogP contribution in [0.1, 0.15) is 53.7 Å². The highest BCUT2D eigenvalue weighted by atomic mass is 32.2. The molecule has 1 amide bonds. The first-order chi connectivity index (χ1) is 19.7. The third-order valence-corrected chi connectivity index (χ3v) is 9.52. The van der Waals surface area contributed by atoms with Gasteiger partial charge in [-0.3, -0.25) is 4.79 Å². The minimum atomic E-state index is -3.98. The van der Waals surface area contributed by atoms with Crippen molar-refractivity contribution in [2.24, 2.45) is 13.0 Å². The van der Waals surface area contributed by atoms with E-state index in [1.807, 2.05) is 36.0 Å². The summed E-state index contributed by atoms with van der Waals surface area (Å²) >= 11 is 0. The van der Waals surface area contributed by atoms with Crippen LogP contribution in [0.25, 0.3) is 0 Å². The number of aromatic nitrogens is 2. The maximum absolute atomic E-state index is 14.0. The van der Waals surface area contributed by atoms with Gasteiger partial charge in [-0.05, 0) is 90.8 Å². The number of hydrogen-bond donors (Lipinski definition) is 1. The maximum atomic E-state index is 14.0. The van der Waals surface area contributed by atoms with Crippen molar-refractivity contribution >= 4 is 21.6 Å². The van der Waals surface area contributed by atoms with Gasteiger partial charge in [0.2, 0.25) is 15.9 Å². The van der Waals surface area contributed by atoms with Crippen molar-refractivity contribution in [3.8, 4) is 0 Å². The number of carbonyl (C=O) groups excluding carboxylic acids is 1. The average molecular weight is 577 g/mol. The van der Waals surface area contributed by atoms with Crippen LogP contribution in [0.4, 0.5) is 14.5 Å². The fourth-order valence-corrected chi connectivity index (χ4v) is 6.98. The number of amides is 1. The van der Waals surface area contributed by atoms with Crippen LogP contribution < -0.4 is 9.62 Å². The van der Waals surface area contributed by atoms with E-state index in [0.717, 1.165) is 35.6 Å². The van der Waals surface area contributed by atoms with Crippen LogP contribution in [0.2, 0.25) is 0 Å². The Morgan fingerprint density at radius 1 is 1.07 bits per heavy atom. The summed E-state index contributed by atoms with van der Waals surface area (Å²) in [7, 11) is -2.11. The highest BCUT2D eigenvalue weighted by Gasteiger charge is 2.46. The molecule has 7 nitrogen and oxygen atoms in total. The number of imidazole rings is 1. The molecule has 0 unspecified atom stereocenters. The predicted molar refractivity (Wildman–Crippen MR) is 150 cm³/mol. The molecular weight excluding hydrogens is 546 g/mol. The van der Waals surface area contributed by atoms with E-state index in [4.69, 9.17) is 0 Å². The second kappa shape index (κ2) is 10.8. The summed E-state index contributed by atoms with van der Waals surface area (Å²) < 4.78 is 58.2. The molecular formula is C31H30F2N4O3S. The van der Waals surface area contributed by atoms with Crippen LogP contribution in [0.3, 0.4) is 0 Å². The summed E-state index contributed by atoms with van der Waals surface area (Å²) in [5.41, 5.74) is 3.39. The van der Waals surface area contributed by atoms with Gasteiger partial charge in [-0.15, -0.1) is 0 Å². The Labute approximate surface area is 237 Å². The van der Waals surface area contributed by atoms with Gasteiger partial charge in [0, 0.05) is 37.1 Å². The summed E-state index contributed by atoms with van der Waals surface area (Å²) in [5.74, 6) is -0.533. The van der Waals surface area contributed by atoms with Gasteiger partial charge >= 0.3 is 0 Å². The molecule has 0 radical (unpaired) electrons. The van der Waals surface area contributed by atoms with Crippen LogP contribution in [0, 0.1) is 17.6 Å². The normalized spacial score (nSPS) is 19.9. The molecule has 2 aliphatic rings. The van der Waals surface area contributed by atoms with Crippen molar-refractivity contribution < 1.29 is 22.0 Å². The second-order valence-corrected chi connectivity index (χ2v) is 12.5. The van der Waals surface area contributed by atoms with Crippen LogP contribution >= 0.6 is 0 Å². The van der Waals surface area contributed by atoms with Gasteiger partial charge < -0.3 is 9.47 Å². The number of benzene rings is 3. The third-order valence-electron chi connectivity index (χ3n) is 8.05. The molecule has 6 rings (SSSR count). The lowest BCUT2D eigenvalue weighted by molar-refractivity contribution is -0.120. The van der Waals surface area contributed by atoms with Gasteiger partial charge in [0.15, 0.2) is 0 Å². The monoisotopic (exact) mass is 576 g/mol. The van der Waals surface area contributed by atoms with Crippen molar-refractivity contribution in [3.63, 3.8) is 0 Å². The van der Waals surface area contributed by atoms with Gasteiger partial charge in [0.25, 0.3) is 0 Å². The van der Waals surface area contributed by atoms with E-state index in [1.54, 1.807) is 23.2 Å². The first-order valence-electron chi connectivity index (χ1n) is 13.6. The molecule has 0 spiro atoms. The van der Waals surface area contributed by atoms with E-state index in [1.165, 1.54) is 30.3 Å². The molecule has 0 aliphatic heterocycles. The number of halogens is 2. The van der Waals surface area contributed by atoms with Crippen LogP contribution in [0.5, 0.6) is 0 Å². The summed E-state index contributed by atoms with van der Waals surface area (Å²) in [6.07, 6.45) is 6.33. The van der Waals surface area contributed by atoms with E-state index in [9.17, 15) is 22.0 Å². The van der Waals surface area contributed by atoms with Crippen molar-refractivity contribution in [1.29, 1.82) is 0 Å². The number of carbonyl (C=O) groups is 1. The second-order valence-electron chi connectivity index (χ2n) is 10.8. The minimum absolute atomic E-state index is 0.00965. The molecule has 1 aromatic heterocycles. The molecule has 4 aromatic rings. The molecule has 1 heterocycles. The van der Waals surface area contributed by atoms with Crippen LogP contribution in [0.15, 0.2) is 84.0 Å². The van der Waals surface area contributed by atoms with Crippen LogP contribution in [-0.4, -0.2) is 23.9 Å². The van der Waals surface area contributed by atoms with Gasteiger partial charge in [-0.2, -0.15) is 0 Å². The highest BCUT2D eigenvalue weighted by Crippen LogP contribution is 2.49. The zero-order valence-electron chi connectivity index (χ0n) is 22.5. The molecule has 0 bridgehead atoms. The Morgan fingerprint density at radius 3 is 2.61 bits per heavy atom. The number of aryl methyl sites for hydroxylation is 2. The topological polar surface area (TPSA) is 84.3 Å². The van der Waals surface area contributed by atoms with Gasteiger partial charge in [-0.1, -0.05) is 24.3 Å². The minimum Gasteiger partial charge on any atom is -0.337 e. The zero-order chi connectivity index (χ0) is 28.7. The molecule has 0 saturated heterocycles. The highest BCUT2D eigenvalue weighted by molar-refractivity contribution is 7.89. The number of rotatable bonds is 8. The van der Waals surface area contributed by atoms with Gasteiger partial charge in [0.05, 0.1) is 11.4 Å². The Kier molecular flexibility index (Phi) is 7.21. The number of nitrogens with one attached hydrogen (secondary N) is 1. The molecule has 1 N–H and O–H groups in total. The number of anilines is 1. The van der Waals surface area contributed by atoms with E-state index >= 15 is 0 Å². The Balaban J connectivity index is 1.31. The van der Waals surface area contributed by atoms with Crippen LogP contribution in [-0.2, 0) is 34.8 Å². The smallest absolute Gasteiger partial charge is 0.241 e. The maximum Gasteiger partial charge on any atom is 0.241 e. The molecule has 41 heavy (non-hydrogen) atoms. The lowest BCUT2D eigenvalue weighted by atomic mass is 9.87. The molecule has 3 aromatic carbocycles. The SMILES string of the molecule is Cn1ccnc1CN(C(=O)[C@H]1C[C@@H]1c1ccc(F)cc1)c1ccc2c(c1)[C@@H](NS(=O)(=O)c1cccc(F)c1)CCC2. The van der Waals surface area contributed by atoms with E-state index < -0.39 is 21.9 Å². The molecule has 1 saturated carbocycles. The fourth-order valence-electron chi connectivity index (χ4n) is 5.70. The van der Waals surface area contributed by atoms with E-state index in [2.05, 4.69) is 9.71 Å². The summed E-state index contributed by atoms with van der Waals surface area (Å²) in [4.78, 5) is 20.0. The lowest BCUT2D eigenvalue weighted by Crippen LogP contribution is -2.34. The molecule has 3 atom stereocenters. The quantitative estimate of drug-likeness (QED) is 0.305. The molecule has 212 valence electrons. The number of hydrogen-bond acceptors (Lipinski definition) is 4. The standard InChI is InChI=1S/C31H30F2N4O3S/c1-36-15-14-34-30(36)19-37(31(38)28-18-26(28)21-8-11-22(32)12-9-21)24-13-10-20-4-2-7-29(27(20)17-24)35-41(39,40)25-6-3-5-23(33)16-25/h3,5-6,8-17,26,28-29,35H,2,4,7,18-19H2,1H3/t26-,28+,29+/m1/s1. The number of nitrogens with zero attached hydrogens (tertiary/aromatic N) is 3. The third kappa shape index (κ3) is 5.67. The molecule has 10 heteroatoms. The van der Waals surface area contributed by atoms with E-state index in [-0.39, 0.29) is 35.0 Å². The Morgan fingerprint density at radius 2 is 1.88 bits per heavy atom. The fraction of sp³-hybridized carbons (Fsp3) is 0.290. The van der Waals surface area contributed by atoms with Crippen molar-refractivity contribution in [3.05, 3.63) is 113 Å². The van der Waals surface area contributed by atoms with Gasteiger partial charge in [-0.25, -0.2) is 26.9 Å². The number of fused-ring (bicyclic) bond motifs is 1. The molecule has 2 aliphatic carbocycles. The Hall–Kier alpha value is -3.89. The zero-order valence-corrected chi connectivity index (χ0v) is 23.3. The summed E-state index contributed by atoms with van der Waals surface area (Å²) in [6.45, 7) is 0.243. The first-order valence-corrected chi connectivity index (χ1v) is 15.1. The largest absolute Gasteiger partial charge is 0.337 e. The van der Waals surface area contributed by atoms with Crippen molar-refractivity contribution in [2.45, 2.75) is 49.1 Å². The van der Waals surface area contributed by atoms with Crippen molar-refractivity contribution in [2.75, 3.05) is 4.90 Å². The van der Waals surface area contributed by atoms with E-state index in [0.29, 0.717) is 24.4 Å². The predicted octanol–water partition coefficient (Wildman–Crippen LogP) is 5.39. The first kappa shape index (κ1) is 27.3. The lowest BCUT2D eigenvalue weighted by Gasteiger charge is -2.29. The number of sulfonamides is 1. The average Bonchev–Trinajstić information content (AvgIpc) is 3.66. The summed E-state index contributed by atoms with van der Waals surface area (Å²) in [6, 6.07) is 16.4. The van der Waals surface area contributed by atoms with Crippen molar-refractivity contribution in [1.82, 2.24) is 14.3 Å². The molecule has 1 fully saturated rings. The van der Waals surface area contributed by atoms with Gasteiger partial charge in [0.1, 0.15) is 17.5 Å². The summed E-state index contributed by atoms with van der Waals surface area (Å²) in [5, 5.41) is 0. The Bertz CT molecular complexity index is 1700.